The SMILES string of the molecule is C=C/C(=C(\C)CNC1CCN(C(=O)OC(C)(C)C)CC1)N1CCCC1. The van der Waals surface area contributed by atoms with Crippen LogP contribution in [-0.2, 0) is 4.74 Å². The minimum absolute atomic E-state index is 0.190. The summed E-state index contributed by atoms with van der Waals surface area (Å²) in [6, 6.07) is 0.457. The number of carbonyl (C=O) groups excluding carboxylic acids is 1. The van der Waals surface area contributed by atoms with Gasteiger partial charge in [0.1, 0.15) is 5.60 Å². The van der Waals surface area contributed by atoms with Crippen LogP contribution in [0.3, 0.4) is 0 Å². The average Bonchev–Trinajstić information content (AvgIpc) is 3.06. The van der Waals surface area contributed by atoms with Crippen molar-refractivity contribution >= 4 is 6.09 Å². The molecule has 0 aromatic heterocycles. The predicted molar refractivity (Wildman–Crippen MR) is 103 cm³/mol. The van der Waals surface area contributed by atoms with Gasteiger partial charge in [-0.05, 0) is 65.0 Å². The zero-order valence-corrected chi connectivity index (χ0v) is 16.4. The number of allylic oxidation sites excluding steroid dienone is 1. The normalized spacial score (nSPS) is 20.5. The summed E-state index contributed by atoms with van der Waals surface area (Å²) < 4.78 is 5.46. The molecule has 0 spiro atoms. The summed E-state index contributed by atoms with van der Waals surface area (Å²) in [4.78, 5) is 16.4. The van der Waals surface area contributed by atoms with Gasteiger partial charge in [0.05, 0.1) is 0 Å². The minimum Gasteiger partial charge on any atom is -0.444 e. The van der Waals surface area contributed by atoms with Gasteiger partial charge in [-0.3, -0.25) is 0 Å². The Morgan fingerprint density at radius 1 is 1.16 bits per heavy atom. The van der Waals surface area contributed by atoms with Gasteiger partial charge < -0.3 is 19.9 Å². The van der Waals surface area contributed by atoms with Crippen molar-refractivity contribution in [2.45, 2.75) is 65.0 Å². The van der Waals surface area contributed by atoms with Gasteiger partial charge in [0.2, 0.25) is 0 Å². The lowest BCUT2D eigenvalue weighted by molar-refractivity contribution is 0.0199. The monoisotopic (exact) mass is 349 g/mol. The topological polar surface area (TPSA) is 44.8 Å². The van der Waals surface area contributed by atoms with E-state index in [0.717, 1.165) is 45.6 Å². The summed E-state index contributed by atoms with van der Waals surface area (Å²) in [5.74, 6) is 0. The molecule has 0 saturated carbocycles. The summed E-state index contributed by atoms with van der Waals surface area (Å²) >= 11 is 0. The number of carbonyl (C=O) groups is 1. The van der Waals surface area contributed by atoms with Crippen LogP contribution in [0.25, 0.3) is 0 Å². The van der Waals surface area contributed by atoms with Crippen molar-refractivity contribution in [3.63, 3.8) is 0 Å². The van der Waals surface area contributed by atoms with E-state index in [-0.39, 0.29) is 6.09 Å². The van der Waals surface area contributed by atoms with Gasteiger partial charge in [-0.25, -0.2) is 4.79 Å². The lowest BCUT2D eigenvalue weighted by Crippen LogP contribution is -2.46. The fourth-order valence-electron chi connectivity index (χ4n) is 3.51. The largest absolute Gasteiger partial charge is 0.444 e. The fourth-order valence-corrected chi connectivity index (χ4v) is 3.51. The lowest BCUT2D eigenvalue weighted by atomic mass is 10.0. The van der Waals surface area contributed by atoms with Crippen molar-refractivity contribution in [3.8, 4) is 0 Å². The second kappa shape index (κ2) is 8.75. The zero-order chi connectivity index (χ0) is 18.4. The quantitative estimate of drug-likeness (QED) is 0.771. The first kappa shape index (κ1) is 19.8. The predicted octanol–water partition coefficient (Wildman–Crippen LogP) is 3.53. The summed E-state index contributed by atoms with van der Waals surface area (Å²) in [6.45, 7) is 16.6. The molecule has 1 amide bonds. The molecule has 2 saturated heterocycles. The zero-order valence-electron chi connectivity index (χ0n) is 16.4. The second-order valence-electron chi connectivity index (χ2n) is 8.19. The van der Waals surface area contributed by atoms with Gasteiger partial charge >= 0.3 is 6.09 Å². The third-order valence-electron chi connectivity index (χ3n) is 4.88. The van der Waals surface area contributed by atoms with E-state index in [0.29, 0.717) is 6.04 Å². The highest BCUT2D eigenvalue weighted by Crippen LogP contribution is 2.19. The molecule has 2 rings (SSSR count). The fraction of sp³-hybridized carbons (Fsp3) is 0.750. The number of hydrogen-bond donors (Lipinski definition) is 1. The number of ether oxygens (including phenoxy) is 1. The number of nitrogens with one attached hydrogen (secondary N) is 1. The smallest absolute Gasteiger partial charge is 0.410 e. The summed E-state index contributed by atoms with van der Waals surface area (Å²) in [6.07, 6.45) is 6.31. The Hall–Kier alpha value is -1.49. The van der Waals surface area contributed by atoms with Crippen LogP contribution >= 0.6 is 0 Å². The molecule has 5 heteroatoms. The van der Waals surface area contributed by atoms with E-state index in [2.05, 4.69) is 23.7 Å². The maximum atomic E-state index is 12.1. The standard InChI is InChI=1S/C20H35N3O2/c1-6-18(22-11-7-8-12-22)16(2)15-21-17-9-13-23(14-10-17)19(24)25-20(3,4)5/h6,17,21H,1,7-15H2,2-5H3/b18-16-. The summed E-state index contributed by atoms with van der Waals surface area (Å²) in [7, 11) is 0. The molecule has 2 fully saturated rings. The van der Waals surface area contributed by atoms with Gasteiger partial charge in [-0.2, -0.15) is 0 Å². The third kappa shape index (κ3) is 6.07. The van der Waals surface area contributed by atoms with Crippen LogP contribution in [0, 0.1) is 0 Å². The number of likely N-dealkylation sites (tertiary alicyclic amines) is 2. The Morgan fingerprint density at radius 3 is 2.28 bits per heavy atom. The van der Waals surface area contributed by atoms with Crippen LogP contribution in [0.5, 0.6) is 0 Å². The third-order valence-corrected chi connectivity index (χ3v) is 4.88. The van der Waals surface area contributed by atoms with E-state index in [1.165, 1.54) is 24.1 Å². The average molecular weight is 350 g/mol. The lowest BCUT2D eigenvalue weighted by Gasteiger charge is -2.34. The molecule has 0 aromatic rings. The van der Waals surface area contributed by atoms with Crippen LogP contribution in [0.1, 0.15) is 53.4 Å². The molecule has 2 aliphatic heterocycles. The number of nitrogens with zero attached hydrogens (tertiary/aromatic N) is 2. The molecule has 2 aliphatic rings. The number of hydrogen-bond acceptors (Lipinski definition) is 4. The maximum Gasteiger partial charge on any atom is 0.410 e. The molecule has 1 N–H and O–H groups in total. The number of piperidine rings is 1. The van der Waals surface area contributed by atoms with Crippen molar-refractivity contribution in [3.05, 3.63) is 23.9 Å². The molecule has 0 aliphatic carbocycles. The van der Waals surface area contributed by atoms with E-state index >= 15 is 0 Å². The second-order valence-corrected chi connectivity index (χ2v) is 8.19. The Kier molecular flexibility index (Phi) is 6.94. The first-order valence-electron chi connectivity index (χ1n) is 9.58. The molecule has 0 bridgehead atoms. The van der Waals surface area contributed by atoms with E-state index in [9.17, 15) is 4.79 Å². The molecule has 0 aromatic carbocycles. The van der Waals surface area contributed by atoms with Crippen LogP contribution in [0.4, 0.5) is 4.79 Å². The van der Waals surface area contributed by atoms with Crippen LogP contribution in [0.2, 0.25) is 0 Å². The van der Waals surface area contributed by atoms with E-state index < -0.39 is 5.60 Å². The minimum atomic E-state index is -0.426. The van der Waals surface area contributed by atoms with Crippen molar-refractivity contribution in [1.82, 2.24) is 15.1 Å². The number of rotatable bonds is 5. The Bertz CT molecular complexity index is 494. The van der Waals surface area contributed by atoms with Crippen LogP contribution in [-0.4, -0.2) is 60.3 Å². The Morgan fingerprint density at radius 2 is 1.76 bits per heavy atom. The van der Waals surface area contributed by atoms with Crippen LogP contribution < -0.4 is 5.32 Å². The molecule has 142 valence electrons. The maximum absolute atomic E-state index is 12.1. The highest BCUT2D eigenvalue weighted by atomic mass is 16.6. The molecule has 2 heterocycles. The van der Waals surface area contributed by atoms with Crippen molar-refractivity contribution in [2.24, 2.45) is 0 Å². The van der Waals surface area contributed by atoms with Gasteiger partial charge in [0, 0.05) is 44.5 Å². The van der Waals surface area contributed by atoms with E-state index in [1.807, 2.05) is 31.7 Å². The first-order valence-corrected chi connectivity index (χ1v) is 9.58. The molecule has 25 heavy (non-hydrogen) atoms. The Balaban J connectivity index is 1.78. The first-order chi connectivity index (χ1) is 11.8. The Labute approximate surface area is 153 Å². The van der Waals surface area contributed by atoms with Gasteiger partial charge in [-0.15, -0.1) is 0 Å². The molecular formula is C20H35N3O2. The molecule has 5 nitrogen and oxygen atoms in total. The molecular weight excluding hydrogens is 314 g/mol. The highest BCUT2D eigenvalue weighted by Gasteiger charge is 2.26. The van der Waals surface area contributed by atoms with Gasteiger partial charge in [-0.1, -0.05) is 6.58 Å². The summed E-state index contributed by atoms with van der Waals surface area (Å²) in [5.41, 5.74) is 2.22. The van der Waals surface area contributed by atoms with Gasteiger partial charge in [0.15, 0.2) is 0 Å². The van der Waals surface area contributed by atoms with E-state index in [1.54, 1.807) is 0 Å². The van der Waals surface area contributed by atoms with Gasteiger partial charge in [0.25, 0.3) is 0 Å². The van der Waals surface area contributed by atoms with Crippen molar-refractivity contribution in [1.29, 1.82) is 0 Å². The highest BCUT2D eigenvalue weighted by molar-refractivity contribution is 5.68. The van der Waals surface area contributed by atoms with Crippen molar-refractivity contribution < 1.29 is 9.53 Å². The van der Waals surface area contributed by atoms with Crippen LogP contribution in [0.15, 0.2) is 23.9 Å². The molecule has 0 unspecified atom stereocenters. The molecule has 0 radical (unpaired) electrons. The number of amides is 1. The van der Waals surface area contributed by atoms with E-state index in [4.69, 9.17) is 4.74 Å². The summed E-state index contributed by atoms with van der Waals surface area (Å²) in [5, 5.41) is 3.66. The molecule has 0 atom stereocenters. The van der Waals surface area contributed by atoms with Crippen molar-refractivity contribution in [2.75, 3.05) is 32.7 Å².